The van der Waals surface area contributed by atoms with E-state index in [4.69, 9.17) is 0 Å². The lowest BCUT2D eigenvalue weighted by molar-refractivity contribution is -0.113. The summed E-state index contributed by atoms with van der Waals surface area (Å²) >= 11 is 2.71. The van der Waals surface area contributed by atoms with Gasteiger partial charge < -0.3 is 5.32 Å². The Hall–Kier alpha value is -3.04. The second-order valence-electron chi connectivity index (χ2n) is 5.39. The van der Waals surface area contributed by atoms with Crippen LogP contribution in [-0.2, 0) is 4.79 Å². The van der Waals surface area contributed by atoms with Gasteiger partial charge in [-0.2, -0.15) is 0 Å². The molecule has 0 saturated carbocycles. The van der Waals surface area contributed by atoms with Crippen LogP contribution < -0.4 is 5.32 Å². The van der Waals surface area contributed by atoms with Crippen LogP contribution in [0.2, 0.25) is 0 Å². The van der Waals surface area contributed by atoms with Crippen molar-refractivity contribution in [2.24, 2.45) is 0 Å². The number of rotatable bonds is 6. The molecule has 0 aliphatic rings. The van der Waals surface area contributed by atoms with Crippen molar-refractivity contribution in [2.45, 2.75) is 5.16 Å². The summed E-state index contributed by atoms with van der Waals surface area (Å²) in [5.74, 6) is 0.774. The number of para-hydroxylation sites is 1. The monoisotopic (exact) mass is 394 g/mol. The molecule has 0 unspecified atom stereocenters. The van der Waals surface area contributed by atoms with Crippen molar-refractivity contribution in [1.82, 2.24) is 24.7 Å². The van der Waals surface area contributed by atoms with Gasteiger partial charge in [-0.15, -0.1) is 21.5 Å². The quantitative estimate of drug-likeness (QED) is 0.504. The second kappa shape index (κ2) is 8.11. The summed E-state index contributed by atoms with van der Waals surface area (Å²) in [5.41, 5.74) is 1.83. The maximum atomic E-state index is 12.2. The Bertz CT molecular complexity index is 1020. The molecule has 0 spiro atoms. The van der Waals surface area contributed by atoms with E-state index >= 15 is 0 Å². The summed E-state index contributed by atoms with van der Waals surface area (Å²) in [5, 5.41) is 14.5. The van der Waals surface area contributed by atoms with Gasteiger partial charge in [-0.1, -0.05) is 30.0 Å². The third kappa shape index (κ3) is 4.04. The molecule has 0 aliphatic carbocycles. The van der Waals surface area contributed by atoms with Gasteiger partial charge in [-0.05, 0) is 24.3 Å². The molecule has 1 amide bonds. The molecule has 27 heavy (non-hydrogen) atoms. The minimum atomic E-state index is -0.136. The van der Waals surface area contributed by atoms with Crippen LogP contribution >= 0.6 is 23.1 Å². The van der Waals surface area contributed by atoms with Crippen LogP contribution in [0.4, 0.5) is 5.13 Å². The van der Waals surface area contributed by atoms with E-state index in [0.29, 0.717) is 16.1 Å². The van der Waals surface area contributed by atoms with Gasteiger partial charge in [0, 0.05) is 35.2 Å². The summed E-state index contributed by atoms with van der Waals surface area (Å²) < 4.78 is 1.94. The molecule has 0 bridgehead atoms. The first-order valence-electron chi connectivity index (χ1n) is 8.04. The molecule has 0 aliphatic heterocycles. The molecule has 0 fully saturated rings. The maximum Gasteiger partial charge on any atom is 0.236 e. The van der Waals surface area contributed by atoms with Crippen LogP contribution in [0.3, 0.4) is 0 Å². The highest BCUT2D eigenvalue weighted by atomic mass is 32.2. The Balaban J connectivity index is 1.61. The van der Waals surface area contributed by atoms with E-state index in [2.05, 4.69) is 25.5 Å². The van der Waals surface area contributed by atoms with E-state index in [1.165, 1.54) is 23.1 Å². The fourth-order valence-electron chi connectivity index (χ4n) is 2.43. The Morgan fingerprint density at radius 1 is 1.07 bits per heavy atom. The number of nitrogens with zero attached hydrogens (tertiary/aromatic N) is 5. The minimum absolute atomic E-state index is 0.136. The highest BCUT2D eigenvalue weighted by Gasteiger charge is 2.17. The number of aromatic nitrogens is 5. The molecule has 3 aromatic heterocycles. The standard InChI is InChI=1S/C18H14N6OS2/c25-15(21-17-20-10-11-26-17)12-27-18-23-22-16(13-6-8-19-9-7-13)24(18)14-4-2-1-3-5-14/h1-11H,12H2,(H,20,21,25). The highest BCUT2D eigenvalue weighted by Crippen LogP contribution is 2.27. The Kier molecular flexibility index (Phi) is 5.22. The molecular formula is C18H14N6OS2. The average molecular weight is 394 g/mol. The first kappa shape index (κ1) is 17.4. The van der Waals surface area contributed by atoms with Crippen molar-refractivity contribution in [3.05, 3.63) is 66.4 Å². The molecule has 7 nitrogen and oxygen atoms in total. The molecule has 0 radical (unpaired) electrons. The smallest absolute Gasteiger partial charge is 0.236 e. The topological polar surface area (TPSA) is 85.6 Å². The van der Waals surface area contributed by atoms with Gasteiger partial charge >= 0.3 is 0 Å². The lowest BCUT2D eigenvalue weighted by Crippen LogP contribution is -2.14. The number of thiazole rings is 1. The third-order valence-corrected chi connectivity index (χ3v) is 5.21. The molecular weight excluding hydrogens is 380 g/mol. The number of anilines is 1. The van der Waals surface area contributed by atoms with E-state index < -0.39 is 0 Å². The predicted octanol–water partition coefficient (Wildman–Crippen LogP) is 3.52. The average Bonchev–Trinajstić information content (AvgIpc) is 3.37. The number of amides is 1. The zero-order valence-electron chi connectivity index (χ0n) is 14.0. The number of carbonyl (C=O) groups excluding carboxylic acids is 1. The van der Waals surface area contributed by atoms with E-state index in [-0.39, 0.29) is 11.7 Å². The Labute approximate surface area is 163 Å². The summed E-state index contributed by atoms with van der Waals surface area (Å²) in [6.07, 6.45) is 5.09. The lowest BCUT2D eigenvalue weighted by Gasteiger charge is -2.10. The van der Waals surface area contributed by atoms with Crippen molar-refractivity contribution in [3.8, 4) is 17.1 Å². The van der Waals surface area contributed by atoms with Crippen molar-refractivity contribution < 1.29 is 4.79 Å². The SMILES string of the molecule is O=C(CSc1nnc(-c2ccncc2)n1-c1ccccc1)Nc1nccs1. The molecule has 0 saturated heterocycles. The zero-order chi connectivity index (χ0) is 18.5. The van der Waals surface area contributed by atoms with Crippen molar-refractivity contribution >= 4 is 34.1 Å². The van der Waals surface area contributed by atoms with Crippen LogP contribution in [-0.4, -0.2) is 36.4 Å². The van der Waals surface area contributed by atoms with Crippen molar-refractivity contribution in [1.29, 1.82) is 0 Å². The highest BCUT2D eigenvalue weighted by molar-refractivity contribution is 7.99. The number of pyridine rings is 1. The molecule has 9 heteroatoms. The van der Waals surface area contributed by atoms with Crippen molar-refractivity contribution in [2.75, 3.05) is 11.1 Å². The first-order chi connectivity index (χ1) is 13.3. The van der Waals surface area contributed by atoms with Crippen LogP contribution in [0.25, 0.3) is 17.1 Å². The van der Waals surface area contributed by atoms with E-state index in [9.17, 15) is 4.79 Å². The molecule has 3 heterocycles. The summed E-state index contributed by atoms with van der Waals surface area (Å²) in [7, 11) is 0. The van der Waals surface area contributed by atoms with Gasteiger partial charge in [0.05, 0.1) is 5.75 Å². The van der Waals surface area contributed by atoms with Gasteiger partial charge in [-0.25, -0.2) is 4.98 Å². The van der Waals surface area contributed by atoms with Gasteiger partial charge in [0.1, 0.15) is 0 Å². The molecule has 4 rings (SSSR count). The van der Waals surface area contributed by atoms with E-state index in [0.717, 1.165) is 11.3 Å². The molecule has 1 aromatic carbocycles. The summed E-state index contributed by atoms with van der Waals surface area (Å²) in [6.45, 7) is 0. The second-order valence-corrected chi connectivity index (χ2v) is 7.22. The minimum Gasteiger partial charge on any atom is -0.301 e. The third-order valence-electron chi connectivity index (χ3n) is 3.60. The Morgan fingerprint density at radius 2 is 1.89 bits per heavy atom. The first-order valence-corrected chi connectivity index (χ1v) is 9.91. The van der Waals surface area contributed by atoms with Crippen molar-refractivity contribution in [3.63, 3.8) is 0 Å². The molecule has 4 aromatic rings. The fraction of sp³-hybridized carbons (Fsp3) is 0.0556. The van der Waals surface area contributed by atoms with Crippen LogP contribution in [0.1, 0.15) is 0 Å². The van der Waals surface area contributed by atoms with E-state index in [1.807, 2.05) is 52.4 Å². The van der Waals surface area contributed by atoms with Crippen LogP contribution in [0.5, 0.6) is 0 Å². The van der Waals surface area contributed by atoms with Crippen LogP contribution in [0.15, 0.2) is 71.6 Å². The van der Waals surface area contributed by atoms with Gasteiger partial charge in [-0.3, -0.25) is 14.3 Å². The Morgan fingerprint density at radius 3 is 2.63 bits per heavy atom. The normalized spacial score (nSPS) is 10.7. The number of carbonyl (C=O) groups is 1. The largest absolute Gasteiger partial charge is 0.301 e. The summed E-state index contributed by atoms with van der Waals surface area (Å²) in [6, 6.07) is 13.6. The predicted molar refractivity (Wildman–Crippen MR) is 106 cm³/mol. The maximum absolute atomic E-state index is 12.2. The fourth-order valence-corrected chi connectivity index (χ4v) is 3.73. The number of hydrogen-bond donors (Lipinski definition) is 1. The molecule has 1 N–H and O–H groups in total. The summed E-state index contributed by atoms with van der Waals surface area (Å²) in [4.78, 5) is 20.3. The molecule has 134 valence electrons. The number of hydrogen-bond acceptors (Lipinski definition) is 7. The van der Waals surface area contributed by atoms with E-state index in [1.54, 1.807) is 18.6 Å². The van der Waals surface area contributed by atoms with Gasteiger partial charge in [0.25, 0.3) is 0 Å². The number of benzene rings is 1. The van der Waals surface area contributed by atoms with Gasteiger partial charge in [0.15, 0.2) is 16.1 Å². The molecule has 0 atom stereocenters. The van der Waals surface area contributed by atoms with Crippen LogP contribution in [0, 0.1) is 0 Å². The number of nitrogens with one attached hydrogen (secondary N) is 1. The number of thioether (sulfide) groups is 1. The zero-order valence-corrected chi connectivity index (χ0v) is 15.7. The van der Waals surface area contributed by atoms with Gasteiger partial charge in [0.2, 0.25) is 5.91 Å². The lowest BCUT2D eigenvalue weighted by atomic mass is 10.2.